The lowest BCUT2D eigenvalue weighted by atomic mass is 9.84. The number of nitrogens with zero attached hydrogens (tertiary/aromatic N) is 1. The van der Waals surface area contributed by atoms with E-state index in [1.165, 1.54) is 29.2 Å². The normalized spacial score (nSPS) is 24.3. The van der Waals surface area contributed by atoms with Gasteiger partial charge in [0.05, 0.1) is 10.9 Å². The largest absolute Gasteiger partial charge is 0.491 e. The first-order chi connectivity index (χ1) is 18.7. The number of carbonyl (C=O) groups is 1. The number of halogens is 7. The summed E-state index contributed by atoms with van der Waals surface area (Å²) in [5, 5.41) is 0. The van der Waals surface area contributed by atoms with Gasteiger partial charge in [-0.2, -0.15) is 26.3 Å². The molecule has 0 aromatic heterocycles. The molecule has 1 aliphatic carbocycles. The molecule has 40 heavy (non-hydrogen) atoms. The Morgan fingerprint density at radius 3 is 2.12 bits per heavy atom. The highest BCUT2D eigenvalue weighted by molar-refractivity contribution is 7.92. The van der Waals surface area contributed by atoms with E-state index in [-0.39, 0.29) is 41.3 Å². The molecule has 5 nitrogen and oxygen atoms in total. The Morgan fingerprint density at radius 2 is 1.52 bits per heavy atom. The number of amides is 1. The Balaban J connectivity index is 1.67. The molecule has 13 heteroatoms. The number of fused-ring (bicyclic) bond motifs is 3. The molecular formula is C27H26F7NO4S. The van der Waals surface area contributed by atoms with Crippen LogP contribution in [0.2, 0.25) is 0 Å². The molecule has 5 rings (SSSR count). The highest BCUT2D eigenvalue weighted by Crippen LogP contribution is 2.57. The van der Waals surface area contributed by atoms with Crippen LogP contribution in [-0.4, -0.2) is 50.8 Å². The number of hydrogen-bond donors (Lipinski definition) is 0. The number of rotatable bonds is 4. The molecule has 0 spiro atoms. The quantitative estimate of drug-likeness (QED) is 0.395. The molecule has 2 aliphatic heterocycles. The highest BCUT2D eigenvalue weighted by Gasteiger charge is 2.74. The van der Waals surface area contributed by atoms with Crippen LogP contribution in [0.15, 0.2) is 53.4 Å². The molecule has 2 atom stereocenters. The van der Waals surface area contributed by atoms with Gasteiger partial charge in [-0.3, -0.25) is 4.79 Å². The fourth-order valence-electron chi connectivity index (χ4n) is 6.38. The Labute approximate surface area is 226 Å². The highest BCUT2D eigenvalue weighted by atomic mass is 32.2. The van der Waals surface area contributed by atoms with Crippen molar-refractivity contribution in [1.82, 2.24) is 4.90 Å². The fourth-order valence-corrected chi connectivity index (χ4v) is 8.69. The summed E-state index contributed by atoms with van der Waals surface area (Å²) in [5.41, 5.74) is -7.69. The summed E-state index contributed by atoms with van der Waals surface area (Å²) in [6.45, 7) is -0.507. The maximum atomic E-state index is 14.9. The van der Waals surface area contributed by atoms with Crippen molar-refractivity contribution in [2.75, 3.05) is 13.2 Å². The van der Waals surface area contributed by atoms with Gasteiger partial charge < -0.3 is 9.64 Å². The van der Waals surface area contributed by atoms with Crippen molar-refractivity contribution in [1.29, 1.82) is 0 Å². The monoisotopic (exact) mass is 593 g/mol. The lowest BCUT2D eigenvalue weighted by Gasteiger charge is -2.43. The van der Waals surface area contributed by atoms with Gasteiger partial charge >= 0.3 is 18.0 Å². The van der Waals surface area contributed by atoms with Gasteiger partial charge in [0.15, 0.2) is 9.84 Å². The molecular weight excluding hydrogens is 567 g/mol. The van der Waals surface area contributed by atoms with E-state index in [1.807, 2.05) is 0 Å². The average Bonchev–Trinajstić information content (AvgIpc) is 3.33. The van der Waals surface area contributed by atoms with Gasteiger partial charge in [-0.05, 0) is 37.5 Å². The van der Waals surface area contributed by atoms with Crippen molar-refractivity contribution in [3.63, 3.8) is 0 Å². The molecule has 1 amide bonds. The van der Waals surface area contributed by atoms with E-state index in [0.29, 0.717) is 18.9 Å². The maximum Gasteiger partial charge on any atom is 0.435 e. The Hall–Kier alpha value is -2.83. The molecule has 1 saturated heterocycles. The van der Waals surface area contributed by atoms with Gasteiger partial charge in [0.2, 0.25) is 5.91 Å². The van der Waals surface area contributed by atoms with Crippen molar-refractivity contribution in [2.24, 2.45) is 5.92 Å². The van der Waals surface area contributed by atoms with Crippen LogP contribution in [0.4, 0.5) is 30.7 Å². The van der Waals surface area contributed by atoms with Crippen LogP contribution in [0.5, 0.6) is 5.75 Å². The van der Waals surface area contributed by atoms with Gasteiger partial charge in [-0.25, -0.2) is 12.8 Å². The van der Waals surface area contributed by atoms with Crippen LogP contribution < -0.4 is 4.74 Å². The molecule has 2 aromatic rings. The van der Waals surface area contributed by atoms with Crippen LogP contribution in [0.25, 0.3) is 0 Å². The second-order valence-corrected chi connectivity index (χ2v) is 12.7. The molecule has 218 valence electrons. The third-order valence-electron chi connectivity index (χ3n) is 8.42. The zero-order valence-electron chi connectivity index (χ0n) is 21.1. The third-order valence-corrected chi connectivity index (χ3v) is 11.0. The first kappa shape index (κ1) is 28.7. The zero-order valence-corrected chi connectivity index (χ0v) is 21.9. The molecule has 2 heterocycles. The Morgan fingerprint density at radius 1 is 0.900 bits per heavy atom. The van der Waals surface area contributed by atoms with Crippen molar-refractivity contribution in [2.45, 2.75) is 72.2 Å². The molecule has 2 unspecified atom stereocenters. The number of carbonyl (C=O) groups excluding carboxylic acids is 1. The van der Waals surface area contributed by atoms with Crippen molar-refractivity contribution < 1.29 is 48.7 Å². The molecule has 2 fully saturated rings. The molecule has 2 aromatic carbocycles. The van der Waals surface area contributed by atoms with E-state index in [4.69, 9.17) is 4.74 Å². The minimum atomic E-state index is -6.35. The van der Waals surface area contributed by atoms with E-state index in [9.17, 15) is 43.9 Å². The summed E-state index contributed by atoms with van der Waals surface area (Å²) in [4.78, 5) is 14.9. The summed E-state index contributed by atoms with van der Waals surface area (Å²) in [6.07, 6.45) is -8.93. The Bertz CT molecular complexity index is 1370. The lowest BCUT2D eigenvalue weighted by molar-refractivity contribution is -0.348. The summed E-state index contributed by atoms with van der Waals surface area (Å²) in [7, 11) is -4.39. The van der Waals surface area contributed by atoms with E-state index in [0.717, 1.165) is 25.3 Å². The van der Waals surface area contributed by atoms with Gasteiger partial charge in [0.1, 0.15) is 17.1 Å². The number of sulfone groups is 1. The fraction of sp³-hybridized carbons (Fsp3) is 0.519. The smallest absolute Gasteiger partial charge is 0.435 e. The summed E-state index contributed by atoms with van der Waals surface area (Å²) in [5.74, 6) is -1.18. The SMILES string of the molecule is O=C(C1CCCCC1)N1CCC2(S(=O)(=O)c3ccccc3)c3ccc(C(F)(C(F)(F)F)C(F)(F)F)cc3OCC12. The average molecular weight is 594 g/mol. The van der Waals surface area contributed by atoms with Crippen LogP contribution in [-0.2, 0) is 25.0 Å². The second-order valence-electron chi connectivity index (χ2n) is 10.5. The number of hydrogen-bond acceptors (Lipinski definition) is 4. The standard InChI is InChI=1S/C27H26F7NO4S/c28-25(26(29,30)31,27(32,33)34)18-11-12-20-21(15-18)39-16-22-24(20,40(37,38)19-9-5-2-6-10-19)13-14-35(22)23(36)17-7-3-1-4-8-17/h2,5-6,9-12,15,17,22H,1,3-4,7-8,13-14,16H2. The predicted molar refractivity (Wildman–Crippen MR) is 129 cm³/mol. The minimum Gasteiger partial charge on any atom is -0.491 e. The molecule has 0 radical (unpaired) electrons. The first-order valence-electron chi connectivity index (χ1n) is 12.9. The zero-order chi connectivity index (χ0) is 29.1. The van der Waals surface area contributed by atoms with Crippen molar-refractivity contribution in [3.05, 3.63) is 59.7 Å². The lowest BCUT2D eigenvalue weighted by Crippen LogP contribution is -2.56. The minimum absolute atomic E-state index is 0.00519. The molecule has 3 aliphatic rings. The van der Waals surface area contributed by atoms with Gasteiger partial charge in [0, 0.05) is 23.6 Å². The number of likely N-dealkylation sites (tertiary alicyclic amines) is 1. The van der Waals surface area contributed by atoms with E-state index in [2.05, 4.69) is 0 Å². The Kier molecular flexibility index (Phi) is 6.91. The molecule has 0 bridgehead atoms. The predicted octanol–water partition coefficient (Wildman–Crippen LogP) is 6.22. The van der Waals surface area contributed by atoms with Gasteiger partial charge in [0.25, 0.3) is 0 Å². The number of benzene rings is 2. The third kappa shape index (κ3) is 4.09. The van der Waals surface area contributed by atoms with Crippen LogP contribution in [0.1, 0.15) is 49.7 Å². The molecule has 0 N–H and O–H groups in total. The number of alkyl halides is 7. The number of ether oxygens (including phenoxy) is 1. The van der Waals surface area contributed by atoms with Crippen LogP contribution in [0.3, 0.4) is 0 Å². The topological polar surface area (TPSA) is 63.7 Å². The van der Waals surface area contributed by atoms with Gasteiger partial charge in [-0.15, -0.1) is 0 Å². The second kappa shape index (κ2) is 9.63. The van der Waals surface area contributed by atoms with Crippen molar-refractivity contribution in [3.8, 4) is 5.75 Å². The summed E-state index contributed by atoms with van der Waals surface area (Å²) >= 11 is 0. The van der Waals surface area contributed by atoms with E-state index in [1.54, 1.807) is 6.07 Å². The summed E-state index contributed by atoms with van der Waals surface area (Å²) in [6, 6.07) is 7.45. The first-order valence-corrected chi connectivity index (χ1v) is 14.3. The maximum absolute atomic E-state index is 14.9. The summed E-state index contributed by atoms with van der Waals surface area (Å²) < 4.78 is 128. The van der Waals surface area contributed by atoms with Crippen LogP contribution in [0, 0.1) is 5.92 Å². The van der Waals surface area contributed by atoms with E-state index < -0.39 is 56.6 Å². The van der Waals surface area contributed by atoms with Crippen molar-refractivity contribution >= 4 is 15.7 Å². The van der Waals surface area contributed by atoms with Crippen LogP contribution >= 0.6 is 0 Å². The van der Waals surface area contributed by atoms with Gasteiger partial charge in [-0.1, -0.05) is 49.6 Å². The van der Waals surface area contributed by atoms with E-state index >= 15 is 0 Å². The molecule has 1 saturated carbocycles.